The zero-order valence-electron chi connectivity index (χ0n) is 18.4. The van der Waals surface area contributed by atoms with Gasteiger partial charge in [-0.2, -0.15) is 13.2 Å². The number of aromatic nitrogens is 4. The summed E-state index contributed by atoms with van der Waals surface area (Å²) in [4.78, 5) is 16.6. The number of hydrogen-bond donors (Lipinski definition) is 2. The van der Waals surface area contributed by atoms with Crippen LogP contribution in [0.4, 0.5) is 13.2 Å². The zero-order chi connectivity index (χ0) is 24.5. The molecule has 3 aromatic rings. The summed E-state index contributed by atoms with van der Waals surface area (Å²) in [5.74, 6) is 0.0202. The van der Waals surface area contributed by atoms with Crippen LogP contribution in [0.5, 0.6) is 5.88 Å². The molecule has 34 heavy (non-hydrogen) atoms. The Bertz CT molecular complexity index is 1160. The van der Waals surface area contributed by atoms with Crippen molar-refractivity contribution in [2.75, 3.05) is 0 Å². The van der Waals surface area contributed by atoms with Crippen LogP contribution in [-0.2, 0) is 6.61 Å². The Hall–Kier alpha value is -3.54. The van der Waals surface area contributed by atoms with Crippen molar-refractivity contribution in [3.05, 3.63) is 53.2 Å². The van der Waals surface area contributed by atoms with E-state index in [-0.39, 0.29) is 24.6 Å². The molecule has 1 saturated carbocycles. The van der Waals surface area contributed by atoms with E-state index in [2.05, 4.69) is 25.7 Å². The van der Waals surface area contributed by atoms with Gasteiger partial charge in [-0.05, 0) is 44.9 Å². The van der Waals surface area contributed by atoms with Gasteiger partial charge in [0.1, 0.15) is 18.1 Å². The second kappa shape index (κ2) is 9.01. The van der Waals surface area contributed by atoms with E-state index >= 15 is 0 Å². The Morgan fingerprint density at radius 2 is 2.06 bits per heavy atom. The first kappa shape index (κ1) is 23.6. The zero-order valence-corrected chi connectivity index (χ0v) is 18.4. The van der Waals surface area contributed by atoms with Gasteiger partial charge in [-0.3, -0.25) is 9.78 Å². The van der Waals surface area contributed by atoms with Crippen molar-refractivity contribution in [1.29, 1.82) is 0 Å². The van der Waals surface area contributed by atoms with Crippen molar-refractivity contribution < 1.29 is 32.3 Å². The van der Waals surface area contributed by atoms with Gasteiger partial charge in [0.05, 0.1) is 5.56 Å². The molecule has 0 bridgehead atoms. The van der Waals surface area contributed by atoms with Gasteiger partial charge in [0.25, 0.3) is 5.91 Å². The van der Waals surface area contributed by atoms with Gasteiger partial charge in [0, 0.05) is 36.0 Å². The maximum Gasteiger partial charge on any atom is 0.417 e. The van der Waals surface area contributed by atoms with Crippen LogP contribution >= 0.6 is 0 Å². The number of aliphatic hydroxyl groups is 1. The fraction of sp³-hybridized carbons (Fsp3) is 0.409. The van der Waals surface area contributed by atoms with Gasteiger partial charge >= 0.3 is 6.18 Å². The minimum atomic E-state index is -4.75. The molecule has 1 fully saturated rings. The van der Waals surface area contributed by atoms with E-state index in [0.717, 1.165) is 11.3 Å². The van der Waals surface area contributed by atoms with E-state index in [4.69, 9.17) is 9.26 Å². The van der Waals surface area contributed by atoms with E-state index < -0.39 is 36.6 Å². The van der Waals surface area contributed by atoms with Crippen molar-refractivity contribution in [3.63, 3.8) is 0 Å². The third-order valence-corrected chi connectivity index (χ3v) is 5.76. The molecule has 3 aromatic heterocycles. The molecule has 180 valence electrons. The summed E-state index contributed by atoms with van der Waals surface area (Å²) in [6.45, 7) is 3.70. The van der Waals surface area contributed by atoms with Crippen LogP contribution in [0, 0.1) is 13.8 Å². The molecule has 1 unspecified atom stereocenters. The van der Waals surface area contributed by atoms with Gasteiger partial charge < -0.3 is 19.7 Å². The molecule has 0 spiro atoms. The predicted octanol–water partition coefficient (Wildman–Crippen LogP) is 3.30. The van der Waals surface area contributed by atoms with Crippen molar-refractivity contribution in [2.24, 2.45) is 0 Å². The van der Waals surface area contributed by atoms with Crippen LogP contribution in [-0.4, -0.2) is 49.2 Å². The van der Waals surface area contributed by atoms with Crippen molar-refractivity contribution in [1.82, 2.24) is 25.7 Å². The summed E-state index contributed by atoms with van der Waals surface area (Å²) in [6.07, 6.45) is -4.13. The number of nitrogens with one attached hydrogen (secondary N) is 1. The third kappa shape index (κ3) is 4.86. The number of halogens is 3. The lowest BCUT2D eigenvalue weighted by Crippen LogP contribution is -2.44. The Balaban J connectivity index is 1.37. The van der Waals surface area contributed by atoms with E-state index in [9.17, 15) is 23.1 Å². The first-order chi connectivity index (χ1) is 16.1. The number of carbonyl (C=O) groups is 1. The molecule has 0 aromatic carbocycles. The second-order valence-corrected chi connectivity index (χ2v) is 8.24. The number of amides is 1. The summed E-state index contributed by atoms with van der Waals surface area (Å²) < 4.78 is 49.8. The molecule has 0 saturated heterocycles. The second-order valence-electron chi connectivity index (χ2n) is 8.24. The lowest BCUT2D eigenvalue weighted by molar-refractivity contribution is -0.257. The molecule has 1 aliphatic carbocycles. The minimum Gasteiger partial charge on any atom is -0.472 e. The van der Waals surface area contributed by atoms with Crippen molar-refractivity contribution >= 4 is 5.91 Å². The van der Waals surface area contributed by atoms with Crippen LogP contribution in [0.1, 0.15) is 46.8 Å². The molecule has 12 heteroatoms. The molecule has 0 aliphatic heterocycles. The molecule has 3 heterocycles. The van der Waals surface area contributed by atoms with Crippen LogP contribution in [0.3, 0.4) is 0 Å². The number of alkyl halides is 3. The van der Waals surface area contributed by atoms with Crippen molar-refractivity contribution in [3.8, 4) is 17.1 Å². The largest absolute Gasteiger partial charge is 0.472 e. The summed E-state index contributed by atoms with van der Waals surface area (Å²) in [6, 6.07) is 5.69. The molecule has 2 atom stereocenters. The molecule has 9 nitrogen and oxygen atoms in total. The van der Waals surface area contributed by atoms with Crippen LogP contribution in [0.25, 0.3) is 11.3 Å². The Labute approximate surface area is 192 Å². The molecule has 0 radical (unpaired) electrons. The van der Waals surface area contributed by atoms with Crippen LogP contribution < -0.4 is 10.1 Å². The highest BCUT2D eigenvalue weighted by molar-refractivity contribution is 5.92. The van der Waals surface area contributed by atoms with E-state index in [0.29, 0.717) is 17.0 Å². The number of rotatable bonds is 6. The number of ether oxygens (including phenoxy) is 1. The fourth-order valence-electron chi connectivity index (χ4n) is 3.72. The number of aryl methyl sites for hydroxylation is 2. The van der Waals surface area contributed by atoms with Gasteiger partial charge in [0.2, 0.25) is 5.88 Å². The Kier molecular flexibility index (Phi) is 6.26. The fourth-order valence-corrected chi connectivity index (χ4v) is 3.72. The van der Waals surface area contributed by atoms with Crippen LogP contribution in [0.2, 0.25) is 0 Å². The molecular weight excluding hydrogens is 455 g/mol. The lowest BCUT2D eigenvalue weighted by atomic mass is 10.0. The van der Waals surface area contributed by atoms with Gasteiger partial charge in [0.15, 0.2) is 11.3 Å². The molecule has 4 rings (SSSR count). The summed E-state index contributed by atoms with van der Waals surface area (Å²) in [5, 5.41) is 23.9. The van der Waals surface area contributed by atoms with Crippen LogP contribution in [0.15, 0.2) is 35.0 Å². The highest BCUT2D eigenvalue weighted by Crippen LogP contribution is 2.42. The average molecular weight is 477 g/mol. The first-order valence-corrected chi connectivity index (χ1v) is 10.5. The monoisotopic (exact) mass is 477 g/mol. The summed E-state index contributed by atoms with van der Waals surface area (Å²) >= 11 is 0. The normalized spacial score (nSPS) is 20.4. The number of carbonyl (C=O) groups excluding carboxylic acids is 1. The number of nitrogens with zero attached hydrogens (tertiary/aromatic N) is 4. The molecule has 2 N–H and O–H groups in total. The maximum absolute atomic E-state index is 12.9. The highest BCUT2D eigenvalue weighted by atomic mass is 19.4. The van der Waals surface area contributed by atoms with Crippen molar-refractivity contribution in [2.45, 2.75) is 57.5 Å². The van der Waals surface area contributed by atoms with E-state index in [1.54, 1.807) is 13.1 Å². The average Bonchev–Trinajstić information content (AvgIpc) is 3.36. The SMILES string of the molecule is Cc1ccc(-c2noc(C)c2COc2ccc(C(=O)NC3CC[C@@](O)(C(F)(F)F)C3)nn2)cn1. The van der Waals surface area contributed by atoms with Gasteiger partial charge in [-0.15, -0.1) is 10.2 Å². The topological polar surface area (TPSA) is 123 Å². The van der Waals surface area contributed by atoms with Gasteiger partial charge in [-0.1, -0.05) is 5.16 Å². The standard InChI is InChI=1S/C22H22F3N5O4/c1-12-3-4-14(10-26-12)19-16(13(2)34-30-19)11-33-18-6-5-17(28-29-18)20(31)27-15-7-8-21(32,9-15)22(23,24)25/h3-6,10,15,32H,7-9,11H2,1-2H3,(H,27,31)/t15?,21-/m0/s1. The van der Waals surface area contributed by atoms with E-state index in [1.165, 1.54) is 12.1 Å². The quantitative estimate of drug-likeness (QED) is 0.554. The molecule has 1 amide bonds. The molecular formula is C22H22F3N5O4. The number of hydrogen-bond acceptors (Lipinski definition) is 8. The molecule has 1 aliphatic rings. The minimum absolute atomic E-state index is 0.00724. The smallest absolute Gasteiger partial charge is 0.417 e. The van der Waals surface area contributed by atoms with Gasteiger partial charge in [-0.25, -0.2) is 0 Å². The van der Waals surface area contributed by atoms with E-state index in [1.807, 2.05) is 19.1 Å². The highest BCUT2D eigenvalue weighted by Gasteiger charge is 2.57. The summed E-state index contributed by atoms with van der Waals surface area (Å²) in [7, 11) is 0. The Morgan fingerprint density at radius 1 is 1.26 bits per heavy atom. The predicted molar refractivity (Wildman–Crippen MR) is 112 cm³/mol. The Morgan fingerprint density at radius 3 is 2.68 bits per heavy atom. The lowest BCUT2D eigenvalue weighted by Gasteiger charge is -2.25. The maximum atomic E-state index is 12.9. The summed E-state index contributed by atoms with van der Waals surface area (Å²) in [5.41, 5.74) is 0.0509. The third-order valence-electron chi connectivity index (χ3n) is 5.76. The number of pyridine rings is 1. The first-order valence-electron chi connectivity index (χ1n) is 10.5.